The van der Waals surface area contributed by atoms with Gasteiger partial charge in [0.05, 0.1) is 19.0 Å². The summed E-state index contributed by atoms with van der Waals surface area (Å²) >= 11 is 0. The van der Waals surface area contributed by atoms with Gasteiger partial charge in [0.15, 0.2) is 0 Å². The van der Waals surface area contributed by atoms with E-state index in [1.165, 1.54) is 0 Å². The summed E-state index contributed by atoms with van der Waals surface area (Å²) in [5, 5.41) is 2.94. The average molecular weight is 369 g/mol. The maximum atomic E-state index is 12.4. The van der Waals surface area contributed by atoms with Gasteiger partial charge >= 0.3 is 0 Å². The molecule has 1 fully saturated rings. The van der Waals surface area contributed by atoms with Crippen LogP contribution in [0.15, 0.2) is 24.3 Å². The zero-order valence-corrected chi connectivity index (χ0v) is 15.9. The quantitative estimate of drug-likeness (QED) is 0.756. The molecule has 0 unspecified atom stereocenters. The Morgan fingerprint density at radius 1 is 1.28 bits per heavy atom. The topological polar surface area (TPSA) is 87.7 Å². The van der Waals surface area contributed by atoms with E-state index in [0.29, 0.717) is 31.0 Å². The summed E-state index contributed by atoms with van der Waals surface area (Å²) in [7, 11) is -3.37. The molecule has 7 nitrogen and oxygen atoms in total. The lowest BCUT2D eigenvalue weighted by Crippen LogP contribution is -2.55. The average Bonchev–Trinajstić information content (AvgIpc) is 2.60. The predicted octanol–water partition coefficient (Wildman–Crippen LogP) is 1.29. The summed E-state index contributed by atoms with van der Waals surface area (Å²) < 4.78 is 31.1. The number of nitrogens with one attached hydrogen (secondary N) is 2. The summed E-state index contributed by atoms with van der Waals surface area (Å²) in [6, 6.07) is 6.50. The number of morpholine rings is 1. The van der Waals surface area contributed by atoms with Crippen molar-refractivity contribution >= 4 is 21.6 Å². The fourth-order valence-electron chi connectivity index (χ4n) is 2.65. The van der Waals surface area contributed by atoms with Crippen molar-refractivity contribution in [2.24, 2.45) is 0 Å². The van der Waals surface area contributed by atoms with Crippen LogP contribution < -0.4 is 10.0 Å². The Hall–Kier alpha value is -1.64. The zero-order valence-electron chi connectivity index (χ0n) is 15.0. The van der Waals surface area contributed by atoms with Crippen LogP contribution >= 0.6 is 0 Å². The summed E-state index contributed by atoms with van der Waals surface area (Å²) in [6.45, 7) is 9.33. The fraction of sp³-hybridized carbons (Fsp3) is 0.588. The number of nitrogens with zero attached hydrogens (tertiary/aromatic N) is 1. The molecule has 1 aromatic rings. The Morgan fingerprint density at radius 2 is 1.96 bits per heavy atom. The lowest BCUT2D eigenvalue weighted by atomic mass is 10.0. The molecule has 1 amide bonds. The van der Waals surface area contributed by atoms with Crippen LogP contribution in [-0.4, -0.2) is 63.4 Å². The Bertz CT molecular complexity index is 698. The number of rotatable bonds is 7. The number of sulfonamides is 1. The number of anilines is 1. The van der Waals surface area contributed by atoms with Crippen molar-refractivity contribution < 1.29 is 17.9 Å². The molecule has 8 heteroatoms. The van der Waals surface area contributed by atoms with Crippen molar-refractivity contribution in [2.45, 2.75) is 26.3 Å². The Balaban J connectivity index is 1.98. The molecule has 0 saturated carbocycles. The molecule has 0 spiro atoms. The van der Waals surface area contributed by atoms with Gasteiger partial charge in [0.1, 0.15) is 0 Å². The molecule has 1 aromatic carbocycles. The van der Waals surface area contributed by atoms with E-state index in [4.69, 9.17) is 4.74 Å². The van der Waals surface area contributed by atoms with Crippen molar-refractivity contribution in [3.05, 3.63) is 29.8 Å². The molecule has 0 aliphatic carbocycles. The highest BCUT2D eigenvalue weighted by atomic mass is 32.2. The lowest BCUT2D eigenvalue weighted by Gasteiger charge is -2.40. The first-order valence-corrected chi connectivity index (χ1v) is 10.1. The molecule has 1 saturated heterocycles. The molecule has 1 heterocycles. The first-order valence-electron chi connectivity index (χ1n) is 8.45. The zero-order chi connectivity index (χ0) is 18.5. The number of hydrogen-bond donors (Lipinski definition) is 2. The van der Waals surface area contributed by atoms with Gasteiger partial charge in [0.2, 0.25) is 10.0 Å². The second kappa shape index (κ2) is 8.16. The Labute approximate surface area is 149 Å². The first kappa shape index (κ1) is 19.7. The molecule has 2 N–H and O–H groups in total. The number of amides is 1. The Kier molecular flexibility index (Phi) is 6.42. The minimum absolute atomic E-state index is 0.0167. The summed E-state index contributed by atoms with van der Waals surface area (Å²) in [5.41, 5.74) is 0.636. The number of ether oxygens (including phenoxy) is 1. The molecular weight excluding hydrogens is 342 g/mol. The van der Waals surface area contributed by atoms with Gasteiger partial charge < -0.3 is 10.1 Å². The minimum atomic E-state index is -3.37. The van der Waals surface area contributed by atoms with E-state index in [1.807, 2.05) is 0 Å². The highest BCUT2D eigenvalue weighted by Gasteiger charge is 2.28. The molecule has 2 rings (SSSR count). The fourth-order valence-corrected chi connectivity index (χ4v) is 3.29. The third-order valence-electron chi connectivity index (χ3n) is 4.33. The highest BCUT2D eigenvalue weighted by Crippen LogP contribution is 2.16. The summed E-state index contributed by atoms with van der Waals surface area (Å²) in [6.07, 6.45) is 0. The largest absolute Gasteiger partial charge is 0.379 e. The number of carbonyl (C=O) groups excluding carboxylic acids is 1. The standard InChI is InChI=1S/C17H27N3O4S/c1-4-25(22,23)19-15-7-5-6-14(12-15)16(21)18-13-17(2,3)20-8-10-24-11-9-20/h5-7,12,19H,4,8-11,13H2,1-3H3,(H,18,21). The van der Waals surface area contributed by atoms with Gasteiger partial charge in [-0.15, -0.1) is 0 Å². The van der Waals surface area contributed by atoms with Gasteiger partial charge in [-0.3, -0.25) is 14.4 Å². The van der Waals surface area contributed by atoms with Crippen LogP contribution in [0.25, 0.3) is 0 Å². The number of benzene rings is 1. The molecule has 1 aliphatic rings. The van der Waals surface area contributed by atoms with Crippen molar-refractivity contribution in [3.8, 4) is 0 Å². The molecule has 0 bridgehead atoms. The van der Waals surface area contributed by atoms with Gasteiger partial charge in [-0.05, 0) is 39.0 Å². The van der Waals surface area contributed by atoms with E-state index in [2.05, 4.69) is 28.8 Å². The van der Waals surface area contributed by atoms with Gasteiger partial charge in [0.25, 0.3) is 5.91 Å². The first-order chi connectivity index (χ1) is 11.7. The van der Waals surface area contributed by atoms with Gasteiger partial charge in [0, 0.05) is 36.4 Å². The van der Waals surface area contributed by atoms with E-state index >= 15 is 0 Å². The smallest absolute Gasteiger partial charge is 0.251 e. The van der Waals surface area contributed by atoms with Crippen LogP contribution in [0.4, 0.5) is 5.69 Å². The second-order valence-corrected chi connectivity index (χ2v) is 8.69. The van der Waals surface area contributed by atoms with Gasteiger partial charge in [-0.2, -0.15) is 0 Å². The third kappa shape index (κ3) is 5.69. The SMILES string of the molecule is CCS(=O)(=O)Nc1cccc(C(=O)NCC(C)(C)N2CCOCC2)c1. The van der Waals surface area contributed by atoms with E-state index in [9.17, 15) is 13.2 Å². The second-order valence-electron chi connectivity index (χ2n) is 6.68. The number of hydrogen-bond acceptors (Lipinski definition) is 5. The van der Waals surface area contributed by atoms with Crippen molar-refractivity contribution in [1.29, 1.82) is 0 Å². The monoisotopic (exact) mass is 369 g/mol. The van der Waals surface area contributed by atoms with Crippen LogP contribution in [-0.2, 0) is 14.8 Å². The number of carbonyl (C=O) groups is 1. The van der Waals surface area contributed by atoms with E-state index in [-0.39, 0.29) is 17.2 Å². The summed E-state index contributed by atoms with van der Waals surface area (Å²) in [5.74, 6) is -0.240. The van der Waals surface area contributed by atoms with Crippen molar-refractivity contribution in [1.82, 2.24) is 10.2 Å². The van der Waals surface area contributed by atoms with E-state index < -0.39 is 10.0 Å². The van der Waals surface area contributed by atoms with Gasteiger partial charge in [-0.1, -0.05) is 6.07 Å². The minimum Gasteiger partial charge on any atom is -0.379 e. The van der Waals surface area contributed by atoms with E-state index in [0.717, 1.165) is 13.1 Å². The maximum Gasteiger partial charge on any atom is 0.251 e. The van der Waals surface area contributed by atoms with Gasteiger partial charge in [-0.25, -0.2) is 8.42 Å². The highest BCUT2D eigenvalue weighted by molar-refractivity contribution is 7.92. The molecule has 0 radical (unpaired) electrons. The molecule has 1 aliphatic heterocycles. The van der Waals surface area contributed by atoms with Crippen LogP contribution in [0, 0.1) is 0 Å². The van der Waals surface area contributed by atoms with Crippen molar-refractivity contribution in [2.75, 3.05) is 43.3 Å². The summed E-state index contributed by atoms with van der Waals surface area (Å²) in [4.78, 5) is 14.7. The molecule has 0 atom stereocenters. The van der Waals surface area contributed by atoms with E-state index in [1.54, 1.807) is 31.2 Å². The van der Waals surface area contributed by atoms with Crippen molar-refractivity contribution in [3.63, 3.8) is 0 Å². The molecule has 0 aromatic heterocycles. The molecular formula is C17H27N3O4S. The van der Waals surface area contributed by atoms with Crippen LogP contribution in [0.5, 0.6) is 0 Å². The van der Waals surface area contributed by atoms with Crippen LogP contribution in [0.1, 0.15) is 31.1 Å². The third-order valence-corrected chi connectivity index (χ3v) is 5.63. The normalized spacial score (nSPS) is 16.4. The maximum absolute atomic E-state index is 12.4. The van der Waals surface area contributed by atoms with Crippen LogP contribution in [0.2, 0.25) is 0 Å². The predicted molar refractivity (Wildman–Crippen MR) is 98.3 cm³/mol. The molecule has 25 heavy (non-hydrogen) atoms. The van der Waals surface area contributed by atoms with Crippen LogP contribution in [0.3, 0.4) is 0 Å². The lowest BCUT2D eigenvalue weighted by molar-refractivity contribution is -0.00923. The molecule has 140 valence electrons. The Morgan fingerprint density at radius 3 is 2.60 bits per heavy atom.